The molecule has 0 heterocycles. The lowest BCUT2D eigenvalue weighted by Gasteiger charge is -2.32. The van der Waals surface area contributed by atoms with Crippen LogP contribution in [0.3, 0.4) is 0 Å². The van der Waals surface area contributed by atoms with Crippen LogP contribution in [0.1, 0.15) is 38.7 Å². The van der Waals surface area contributed by atoms with E-state index in [1.54, 1.807) is 12.1 Å². The van der Waals surface area contributed by atoms with E-state index in [0.717, 1.165) is 12.0 Å². The lowest BCUT2D eigenvalue weighted by Crippen LogP contribution is -2.38. The Morgan fingerprint density at radius 3 is 2.74 bits per heavy atom. The fourth-order valence-electron chi connectivity index (χ4n) is 3.40. The van der Waals surface area contributed by atoms with Crippen molar-refractivity contribution < 1.29 is 9.13 Å². The summed E-state index contributed by atoms with van der Waals surface area (Å²) in [6, 6.07) is 5.23. The second kappa shape index (κ2) is 5.49. The lowest BCUT2D eigenvalue weighted by atomic mass is 9.76. The molecular weight excluding hydrogens is 241 g/mol. The first-order chi connectivity index (χ1) is 8.94. The molecule has 0 saturated heterocycles. The summed E-state index contributed by atoms with van der Waals surface area (Å²) in [5, 5.41) is 0. The minimum Gasteiger partial charge on any atom is -0.494 e. The number of benzene rings is 1. The highest BCUT2D eigenvalue weighted by Crippen LogP contribution is 2.44. The average Bonchev–Trinajstić information content (AvgIpc) is 2.69. The van der Waals surface area contributed by atoms with E-state index >= 15 is 0 Å². The summed E-state index contributed by atoms with van der Waals surface area (Å²) < 4.78 is 18.6. The first-order valence-electron chi connectivity index (χ1n) is 7.02. The molecule has 1 fully saturated rings. The number of halogens is 1. The zero-order valence-corrected chi connectivity index (χ0v) is 12.1. The van der Waals surface area contributed by atoms with E-state index in [9.17, 15) is 4.39 Å². The maximum Gasteiger partial charge on any atom is 0.165 e. The molecule has 2 atom stereocenters. The second-order valence-corrected chi connectivity index (χ2v) is 6.32. The van der Waals surface area contributed by atoms with E-state index in [1.807, 2.05) is 6.07 Å². The van der Waals surface area contributed by atoms with Crippen LogP contribution in [0.5, 0.6) is 5.75 Å². The molecule has 1 aromatic rings. The topological polar surface area (TPSA) is 35.2 Å². The van der Waals surface area contributed by atoms with Gasteiger partial charge in [-0.2, -0.15) is 0 Å². The highest BCUT2D eigenvalue weighted by Gasteiger charge is 2.37. The van der Waals surface area contributed by atoms with E-state index in [4.69, 9.17) is 10.5 Å². The smallest absolute Gasteiger partial charge is 0.165 e. The van der Waals surface area contributed by atoms with Crippen LogP contribution in [0.4, 0.5) is 4.39 Å². The molecule has 1 aromatic carbocycles. The molecule has 0 bridgehead atoms. The Labute approximate surface area is 115 Å². The Hall–Kier alpha value is -1.09. The van der Waals surface area contributed by atoms with Crippen molar-refractivity contribution in [3.8, 4) is 5.75 Å². The minimum absolute atomic E-state index is 0.102. The van der Waals surface area contributed by atoms with Crippen molar-refractivity contribution in [3.63, 3.8) is 0 Å². The van der Waals surface area contributed by atoms with E-state index in [-0.39, 0.29) is 11.9 Å². The molecule has 2 nitrogen and oxygen atoms in total. The number of hydrogen-bond acceptors (Lipinski definition) is 2. The molecule has 106 valence electrons. The Kier molecular flexibility index (Phi) is 4.14. The normalized spacial score (nSPS) is 23.3. The van der Waals surface area contributed by atoms with Gasteiger partial charge in [-0.3, -0.25) is 0 Å². The third-order valence-electron chi connectivity index (χ3n) is 4.54. The van der Waals surface area contributed by atoms with E-state index in [2.05, 4.69) is 13.8 Å². The third kappa shape index (κ3) is 3.08. The Bertz CT molecular complexity index is 444. The summed E-state index contributed by atoms with van der Waals surface area (Å²) in [5.41, 5.74) is 7.62. The van der Waals surface area contributed by atoms with Crippen LogP contribution >= 0.6 is 0 Å². The van der Waals surface area contributed by atoms with Gasteiger partial charge in [0, 0.05) is 6.04 Å². The molecule has 2 unspecified atom stereocenters. The number of hydrogen-bond donors (Lipinski definition) is 1. The number of methoxy groups -OCH3 is 1. The molecule has 0 spiro atoms. The number of nitrogens with two attached hydrogens (primary N) is 1. The monoisotopic (exact) mass is 265 g/mol. The van der Waals surface area contributed by atoms with Gasteiger partial charge >= 0.3 is 0 Å². The highest BCUT2D eigenvalue weighted by molar-refractivity contribution is 5.29. The third-order valence-corrected chi connectivity index (χ3v) is 4.54. The first-order valence-corrected chi connectivity index (χ1v) is 7.02. The Morgan fingerprint density at radius 2 is 2.21 bits per heavy atom. The van der Waals surface area contributed by atoms with Crippen LogP contribution in [0.2, 0.25) is 0 Å². The molecule has 2 rings (SSSR count). The first kappa shape index (κ1) is 14.3. The van der Waals surface area contributed by atoms with Gasteiger partial charge in [-0.05, 0) is 48.3 Å². The molecule has 0 amide bonds. The van der Waals surface area contributed by atoms with Crippen LogP contribution < -0.4 is 10.5 Å². The zero-order chi connectivity index (χ0) is 14.0. The molecule has 1 saturated carbocycles. The van der Waals surface area contributed by atoms with Gasteiger partial charge in [-0.15, -0.1) is 0 Å². The fraction of sp³-hybridized carbons (Fsp3) is 0.625. The molecule has 1 aliphatic carbocycles. The van der Waals surface area contributed by atoms with Crippen LogP contribution in [-0.4, -0.2) is 13.2 Å². The van der Waals surface area contributed by atoms with Crippen molar-refractivity contribution >= 4 is 0 Å². The van der Waals surface area contributed by atoms with E-state index in [0.29, 0.717) is 17.1 Å². The quantitative estimate of drug-likeness (QED) is 0.904. The van der Waals surface area contributed by atoms with Gasteiger partial charge in [0.15, 0.2) is 11.6 Å². The predicted molar refractivity (Wildman–Crippen MR) is 75.8 cm³/mol. The van der Waals surface area contributed by atoms with Gasteiger partial charge < -0.3 is 10.5 Å². The van der Waals surface area contributed by atoms with Crippen molar-refractivity contribution in [2.75, 3.05) is 7.11 Å². The lowest BCUT2D eigenvalue weighted by molar-refractivity contribution is 0.220. The summed E-state index contributed by atoms with van der Waals surface area (Å²) in [6.45, 7) is 4.58. The number of ether oxygens (including phenoxy) is 1. The molecule has 0 aliphatic heterocycles. The van der Waals surface area contributed by atoms with Crippen molar-refractivity contribution in [2.45, 2.75) is 45.6 Å². The van der Waals surface area contributed by atoms with Crippen LogP contribution in [0.15, 0.2) is 18.2 Å². The zero-order valence-electron chi connectivity index (χ0n) is 12.1. The van der Waals surface area contributed by atoms with Crippen molar-refractivity contribution in [3.05, 3.63) is 29.6 Å². The Balaban J connectivity index is 2.06. The molecule has 3 heteroatoms. The summed E-state index contributed by atoms with van der Waals surface area (Å²) in [5.74, 6) is 0.508. The fourth-order valence-corrected chi connectivity index (χ4v) is 3.40. The summed E-state index contributed by atoms with van der Waals surface area (Å²) >= 11 is 0. The summed E-state index contributed by atoms with van der Waals surface area (Å²) in [6.07, 6.45) is 4.41. The van der Waals surface area contributed by atoms with Gasteiger partial charge in [0.25, 0.3) is 0 Å². The van der Waals surface area contributed by atoms with E-state index in [1.165, 1.54) is 26.4 Å². The number of rotatable bonds is 4. The van der Waals surface area contributed by atoms with Crippen molar-refractivity contribution in [1.29, 1.82) is 0 Å². The molecule has 0 aromatic heterocycles. The van der Waals surface area contributed by atoms with Crippen molar-refractivity contribution in [2.24, 2.45) is 17.1 Å². The van der Waals surface area contributed by atoms with Gasteiger partial charge in [0.2, 0.25) is 0 Å². The summed E-state index contributed by atoms with van der Waals surface area (Å²) in [4.78, 5) is 0. The molecule has 1 aliphatic rings. The van der Waals surface area contributed by atoms with E-state index < -0.39 is 0 Å². The predicted octanol–water partition coefficient (Wildman–Crippen LogP) is 3.53. The molecule has 0 radical (unpaired) electrons. The van der Waals surface area contributed by atoms with Gasteiger partial charge in [-0.1, -0.05) is 26.3 Å². The minimum atomic E-state index is -0.308. The molecule has 19 heavy (non-hydrogen) atoms. The molecule has 2 N–H and O–H groups in total. The van der Waals surface area contributed by atoms with Crippen LogP contribution in [0, 0.1) is 17.2 Å². The second-order valence-electron chi connectivity index (χ2n) is 6.32. The highest BCUT2D eigenvalue weighted by atomic mass is 19.1. The van der Waals surface area contributed by atoms with Gasteiger partial charge in [-0.25, -0.2) is 4.39 Å². The van der Waals surface area contributed by atoms with Crippen LogP contribution in [0.25, 0.3) is 0 Å². The maximum atomic E-state index is 13.7. The average molecular weight is 265 g/mol. The Morgan fingerprint density at radius 1 is 1.47 bits per heavy atom. The van der Waals surface area contributed by atoms with Crippen molar-refractivity contribution in [1.82, 2.24) is 0 Å². The molecular formula is C16H24FNO. The summed E-state index contributed by atoms with van der Waals surface area (Å²) in [7, 11) is 1.48. The maximum absolute atomic E-state index is 13.7. The largest absolute Gasteiger partial charge is 0.494 e. The SMILES string of the molecule is COc1ccc(CC(N)C2CCCC2(C)C)cc1F. The van der Waals surface area contributed by atoms with Gasteiger partial charge in [0.1, 0.15) is 0 Å². The van der Waals surface area contributed by atoms with Gasteiger partial charge in [0.05, 0.1) is 7.11 Å². The standard InChI is InChI=1S/C16H24FNO/c1-16(2)8-4-5-12(16)14(18)10-11-6-7-15(19-3)13(17)9-11/h6-7,9,12,14H,4-5,8,10,18H2,1-3H3. The van der Waals surface area contributed by atoms with Crippen LogP contribution in [-0.2, 0) is 6.42 Å².